The number of hydrogen-bond donors (Lipinski definition) is 2. The van der Waals surface area contributed by atoms with Gasteiger partial charge in [0.05, 0.1) is 18.4 Å². The summed E-state index contributed by atoms with van der Waals surface area (Å²) >= 11 is 5.92. The second-order valence-electron chi connectivity index (χ2n) is 7.96. The molecule has 0 radical (unpaired) electrons. The van der Waals surface area contributed by atoms with E-state index in [1.807, 2.05) is 12.1 Å². The molecule has 4 amide bonds. The maximum Gasteiger partial charge on any atom is 0.325 e. The summed E-state index contributed by atoms with van der Waals surface area (Å²) in [5.74, 6) is 0.0661. The number of amides is 4. The van der Waals surface area contributed by atoms with Crippen LogP contribution >= 0.6 is 11.6 Å². The molecule has 2 N–H and O–H groups in total. The number of urea groups is 1. The van der Waals surface area contributed by atoms with Crippen LogP contribution in [-0.2, 0) is 21.7 Å². The van der Waals surface area contributed by atoms with Crippen LogP contribution in [0.4, 0.5) is 4.79 Å². The minimum atomic E-state index is -0.983. The smallest absolute Gasteiger partial charge is 0.325 e. The SMILES string of the molecule is O=C(CCC1NC(=O)N(Cc2ccco2)C1=O)N1CCC(O)(c2ccc(Cl)cc2)CC1. The summed E-state index contributed by atoms with van der Waals surface area (Å²) in [4.78, 5) is 40.1. The highest BCUT2D eigenvalue weighted by Crippen LogP contribution is 2.33. The molecule has 1 atom stereocenters. The molecule has 164 valence electrons. The van der Waals surface area contributed by atoms with E-state index in [1.54, 1.807) is 29.2 Å². The van der Waals surface area contributed by atoms with E-state index in [0.29, 0.717) is 36.7 Å². The third kappa shape index (κ3) is 4.60. The van der Waals surface area contributed by atoms with Crippen molar-refractivity contribution in [3.8, 4) is 0 Å². The molecule has 0 saturated carbocycles. The van der Waals surface area contributed by atoms with E-state index in [2.05, 4.69) is 5.32 Å². The Morgan fingerprint density at radius 2 is 1.90 bits per heavy atom. The molecule has 4 rings (SSSR count). The minimum absolute atomic E-state index is 0.0670. The van der Waals surface area contributed by atoms with Gasteiger partial charge in [-0.1, -0.05) is 23.7 Å². The molecular weight excluding hydrogens is 422 g/mol. The predicted octanol–water partition coefficient (Wildman–Crippen LogP) is 2.64. The van der Waals surface area contributed by atoms with Crippen LogP contribution in [0.3, 0.4) is 0 Å². The normalized spacial score (nSPS) is 20.8. The molecule has 3 heterocycles. The largest absolute Gasteiger partial charge is 0.467 e. The molecule has 1 aromatic heterocycles. The first-order chi connectivity index (χ1) is 14.9. The second-order valence-corrected chi connectivity index (χ2v) is 8.40. The number of furan rings is 1. The van der Waals surface area contributed by atoms with Gasteiger partial charge in [-0.25, -0.2) is 4.79 Å². The van der Waals surface area contributed by atoms with Gasteiger partial charge in [-0.3, -0.25) is 14.5 Å². The van der Waals surface area contributed by atoms with Crippen molar-refractivity contribution in [3.63, 3.8) is 0 Å². The molecule has 2 saturated heterocycles. The van der Waals surface area contributed by atoms with Gasteiger partial charge in [-0.2, -0.15) is 0 Å². The molecule has 2 aliphatic rings. The molecule has 2 aromatic rings. The van der Waals surface area contributed by atoms with Gasteiger partial charge >= 0.3 is 6.03 Å². The number of carbonyl (C=O) groups is 3. The molecule has 9 heteroatoms. The molecule has 1 unspecified atom stereocenters. The average Bonchev–Trinajstić information content (AvgIpc) is 3.37. The Bertz CT molecular complexity index is 952. The summed E-state index contributed by atoms with van der Waals surface area (Å²) in [6.45, 7) is 0.915. The number of imide groups is 1. The van der Waals surface area contributed by atoms with Gasteiger partial charge in [-0.05, 0) is 49.1 Å². The van der Waals surface area contributed by atoms with Crippen molar-refractivity contribution in [2.75, 3.05) is 13.1 Å². The molecule has 0 spiro atoms. The molecule has 2 fully saturated rings. The quantitative estimate of drug-likeness (QED) is 0.665. The van der Waals surface area contributed by atoms with Gasteiger partial charge in [0.1, 0.15) is 11.8 Å². The Kier molecular flexibility index (Phi) is 6.02. The zero-order valence-electron chi connectivity index (χ0n) is 16.9. The van der Waals surface area contributed by atoms with Crippen molar-refractivity contribution >= 4 is 29.4 Å². The molecule has 0 aliphatic carbocycles. The summed E-state index contributed by atoms with van der Waals surface area (Å²) in [5.41, 5.74) is -0.191. The number of rotatable bonds is 6. The average molecular weight is 446 g/mol. The van der Waals surface area contributed by atoms with Crippen LogP contribution in [0.2, 0.25) is 5.02 Å². The van der Waals surface area contributed by atoms with Crippen molar-refractivity contribution in [3.05, 3.63) is 59.0 Å². The first-order valence-electron chi connectivity index (χ1n) is 10.3. The van der Waals surface area contributed by atoms with E-state index >= 15 is 0 Å². The van der Waals surface area contributed by atoms with Gasteiger partial charge in [0.15, 0.2) is 0 Å². The number of hydrogen-bond acceptors (Lipinski definition) is 5. The Morgan fingerprint density at radius 1 is 1.19 bits per heavy atom. The predicted molar refractivity (Wildman–Crippen MR) is 112 cm³/mol. The van der Waals surface area contributed by atoms with Crippen LogP contribution in [0.25, 0.3) is 0 Å². The van der Waals surface area contributed by atoms with Crippen molar-refractivity contribution in [1.29, 1.82) is 0 Å². The van der Waals surface area contributed by atoms with E-state index in [-0.39, 0.29) is 31.2 Å². The molecule has 0 bridgehead atoms. The van der Waals surface area contributed by atoms with E-state index in [0.717, 1.165) is 10.5 Å². The lowest BCUT2D eigenvalue weighted by atomic mass is 9.84. The molecule has 1 aromatic carbocycles. The number of carbonyl (C=O) groups excluding carboxylic acids is 3. The van der Waals surface area contributed by atoms with Crippen LogP contribution in [0.15, 0.2) is 47.1 Å². The van der Waals surface area contributed by atoms with Crippen LogP contribution < -0.4 is 5.32 Å². The molecule has 8 nitrogen and oxygen atoms in total. The highest BCUT2D eigenvalue weighted by Gasteiger charge is 2.39. The third-order valence-electron chi connectivity index (χ3n) is 5.97. The Labute approximate surface area is 184 Å². The highest BCUT2D eigenvalue weighted by molar-refractivity contribution is 6.30. The minimum Gasteiger partial charge on any atom is -0.467 e. The van der Waals surface area contributed by atoms with E-state index in [1.165, 1.54) is 6.26 Å². The Hall–Kier alpha value is -2.84. The van der Waals surface area contributed by atoms with Crippen LogP contribution in [0, 0.1) is 0 Å². The number of aliphatic hydroxyl groups is 1. The maximum absolute atomic E-state index is 12.6. The fourth-order valence-corrected chi connectivity index (χ4v) is 4.21. The second kappa shape index (κ2) is 8.72. The molecule has 2 aliphatic heterocycles. The number of nitrogens with one attached hydrogen (secondary N) is 1. The van der Waals surface area contributed by atoms with Crippen LogP contribution in [0.1, 0.15) is 37.0 Å². The van der Waals surface area contributed by atoms with Gasteiger partial charge in [0.2, 0.25) is 5.91 Å². The van der Waals surface area contributed by atoms with E-state index in [4.69, 9.17) is 16.0 Å². The van der Waals surface area contributed by atoms with Crippen molar-refractivity contribution in [2.45, 2.75) is 43.9 Å². The zero-order chi connectivity index (χ0) is 22.0. The van der Waals surface area contributed by atoms with Gasteiger partial charge in [-0.15, -0.1) is 0 Å². The lowest BCUT2D eigenvalue weighted by molar-refractivity contribution is -0.136. The fraction of sp³-hybridized carbons (Fsp3) is 0.409. The Morgan fingerprint density at radius 3 is 2.55 bits per heavy atom. The first kappa shape index (κ1) is 21.4. The number of likely N-dealkylation sites (tertiary alicyclic amines) is 1. The summed E-state index contributed by atoms with van der Waals surface area (Å²) in [6, 6.07) is 9.29. The van der Waals surface area contributed by atoms with Gasteiger partial charge in [0, 0.05) is 24.5 Å². The van der Waals surface area contributed by atoms with Gasteiger partial charge in [0.25, 0.3) is 5.91 Å². The topological polar surface area (TPSA) is 103 Å². The van der Waals surface area contributed by atoms with Crippen LogP contribution in [-0.4, -0.2) is 51.9 Å². The molecule has 31 heavy (non-hydrogen) atoms. The number of piperidine rings is 1. The summed E-state index contributed by atoms with van der Waals surface area (Å²) in [5, 5.41) is 14.2. The van der Waals surface area contributed by atoms with Crippen molar-refractivity contribution in [1.82, 2.24) is 15.1 Å². The molecular formula is C22H24ClN3O5. The standard InChI is InChI=1S/C22H24ClN3O5/c23-16-5-3-15(4-6-16)22(30)9-11-25(12-10-22)19(27)8-7-18-20(28)26(21(29)24-18)14-17-2-1-13-31-17/h1-6,13,18,30H,7-12,14H2,(H,24,29). The van der Waals surface area contributed by atoms with Gasteiger partial charge < -0.3 is 19.7 Å². The first-order valence-corrected chi connectivity index (χ1v) is 10.6. The van der Waals surface area contributed by atoms with Crippen molar-refractivity contribution in [2.24, 2.45) is 0 Å². The zero-order valence-corrected chi connectivity index (χ0v) is 17.7. The highest BCUT2D eigenvalue weighted by atomic mass is 35.5. The summed E-state index contributed by atoms with van der Waals surface area (Å²) in [7, 11) is 0. The summed E-state index contributed by atoms with van der Waals surface area (Å²) < 4.78 is 5.20. The fourth-order valence-electron chi connectivity index (χ4n) is 4.08. The monoisotopic (exact) mass is 445 g/mol. The summed E-state index contributed by atoms with van der Waals surface area (Å²) in [6.07, 6.45) is 2.71. The lowest BCUT2D eigenvalue weighted by Gasteiger charge is -2.38. The third-order valence-corrected chi connectivity index (χ3v) is 6.22. The van der Waals surface area contributed by atoms with Crippen LogP contribution in [0.5, 0.6) is 0 Å². The van der Waals surface area contributed by atoms with E-state index in [9.17, 15) is 19.5 Å². The Balaban J connectivity index is 1.27. The van der Waals surface area contributed by atoms with Crippen molar-refractivity contribution < 1.29 is 23.9 Å². The maximum atomic E-state index is 12.6. The van der Waals surface area contributed by atoms with E-state index < -0.39 is 17.7 Å². The number of benzene rings is 1. The number of halogens is 1. The lowest BCUT2D eigenvalue weighted by Crippen LogP contribution is -2.45. The number of nitrogens with zero attached hydrogens (tertiary/aromatic N) is 2.